The molecule has 1 heterocycles. The van der Waals surface area contributed by atoms with Gasteiger partial charge < -0.3 is 15.0 Å². The number of benzene rings is 1. The van der Waals surface area contributed by atoms with E-state index in [1.54, 1.807) is 12.0 Å². The van der Waals surface area contributed by atoms with Crippen LogP contribution in [-0.4, -0.2) is 31.0 Å². The molecule has 0 spiro atoms. The van der Waals surface area contributed by atoms with E-state index < -0.39 is 0 Å². The minimum absolute atomic E-state index is 0.0259. The van der Waals surface area contributed by atoms with E-state index in [4.69, 9.17) is 4.74 Å². The van der Waals surface area contributed by atoms with Gasteiger partial charge in [0.05, 0.1) is 13.0 Å². The van der Waals surface area contributed by atoms with Gasteiger partial charge in [0.25, 0.3) is 0 Å². The average molecular weight is 346 g/mol. The Hall–Kier alpha value is -2.04. The third-order valence-electron chi connectivity index (χ3n) is 4.29. The molecule has 5 heteroatoms. The van der Waals surface area contributed by atoms with Gasteiger partial charge in [-0.25, -0.2) is 0 Å². The Balaban J connectivity index is 2.05. The van der Waals surface area contributed by atoms with Crippen LogP contribution in [0.4, 0.5) is 5.69 Å². The Morgan fingerprint density at radius 3 is 2.56 bits per heavy atom. The zero-order valence-electron chi connectivity index (χ0n) is 16.2. The first-order valence-electron chi connectivity index (χ1n) is 8.77. The highest BCUT2D eigenvalue weighted by atomic mass is 16.5. The molecule has 25 heavy (non-hydrogen) atoms. The number of amides is 2. The van der Waals surface area contributed by atoms with E-state index in [1.807, 2.05) is 38.1 Å². The smallest absolute Gasteiger partial charge is 0.227 e. The molecule has 5 nitrogen and oxygen atoms in total. The van der Waals surface area contributed by atoms with Gasteiger partial charge in [-0.05, 0) is 37.8 Å². The van der Waals surface area contributed by atoms with Crippen molar-refractivity contribution in [2.75, 3.05) is 18.6 Å². The number of carbonyl (C=O) groups excluding carboxylic acids is 2. The van der Waals surface area contributed by atoms with Gasteiger partial charge in [-0.1, -0.05) is 26.8 Å². The predicted molar refractivity (Wildman–Crippen MR) is 99.7 cm³/mol. The highest BCUT2D eigenvalue weighted by Crippen LogP contribution is 2.30. The second kappa shape index (κ2) is 7.06. The van der Waals surface area contributed by atoms with E-state index in [-0.39, 0.29) is 35.1 Å². The van der Waals surface area contributed by atoms with E-state index in [9.17, 15) is 9.59 Å². The Labute approximate surface area is 150 Å². The Morgan fingerprint density at radius 1 is 1.28 bits per heavy atom. The van der Waals surface area contributed by atoms with Gasteiger partial charge in [0.15, 0.2) is 0 Å². The number of carbonyl (C=O) groups is 2. The van der Waals surface area contributed by atoms with Crippen LogP contribution in [0.25, 0.3) is 0 Å². The van der Waals surface area contributed by atoms with Crippen LogP contribution in [0.1, 0.15) is 47.5 Å². The van der Waals surface area contributed by atoms with Crippen LogP contribution in [0.2, 0.25) is 0 Å². The number of ether oxygens (including phenoxy) is 1. The zero-order valence-corrected chi connectivity index (χ0v) is 16.2. The lowest BCUT2D eigenvalue weighted by Crippen LogP contribution is -2.48. The number of nitrogens with zero attached hydrogens (tertiary/aromatic N) is 1. The summed E-state index contributed by atoms with van der Waals surface area (Å²) < 4.78 is 5.22. The van der Waals surface area contributed by atoms with E-state index >= 15 is 0 Å². The molecule has 0 aromatic heterocycles. The Kier molecular flexibility index (Phi) is 5.45. The summed E-state index contributed by atoms with van der Waals surface area (Å²) in [7, 11) is 1.60. The molecule has 1 fully saturated rings. The van der Waals surface area contributed by atoms with Crippen LogP contribution in [0.3, 0.4) is 0 Å². The molecule has 1 aliphatic heterocycles. The fourth-order valence-electron chi connectivity index (χ4n) is 3.72. The third-order valence-corrected chi connectivity index (χ3v) is 4.29. The summed E-state index contributed by atoms with van der Waals surface area (Å²) in [5, 5.41) is 3.13. The SMILES string of the molecule is COc1cccc(N2C[C@H](C(=O)NC(C)(C)CC(C)(C)C)CC2=O)c1. The third kappa shape index (κ3) is 5.21. The molecular weight excluding hydrogens is 316 g/mol. The summed E-state index contributed by atoms with van der Waals surface area (Å²) in [6, 6.07) is 7.37. The molecule has 0 bridgehead atoms. The lowest BCUT2D eigenvalue weighted by atomic mass is 9.81. The fourth-order valence-corrected chi connectivity index (χ4v) is 3.72. The molecule has 1 N–H and O–H groups in total. The van der Waals surface area contributed by atoms with Gasteiger partial charge in [0.1, 0.15) is 5.75 Å². The van der Waals surface area contributed by atoms with Gasteiger partial charge in [0.2, 0.25) is 11.8 Å². The second-order valence-corrected chi connectivity index (χ2v) is 8.72. The summed E-state index contributed by atoms with van der Waals surface area (Å²) in [6.07, 6.45) is 1.11. The quantitative estimate of drug-likeness (QED) is 0.889. The highest BCUT2D eigenvalue weighted by molar-refractivity contribution is 6.00. The maximum atomic E-state index is 12.7. The monoisotopic (exact) mass is 346 g/mol. The Morgan fingerprint density at radius 2 is 1.96 bits per heavy atom. The molecule has 1 saturated heterocycles. The largest absolute Gasteiger partial charge is 0.497 e. The van der Waals surface area contributed by atoms with E-state index in [0.29, 0.717) is 12.3 Å². The molecule has 1 atom stereocenters. The maximum Gasteiger partial charge on any atom is 0.227 e. The molecule has 0 radical (unpaired) electrons. The molecule has 138 valence electrons. The van der Waals surface area contributed by atoms with Crippen molar-refractivity contribution in [3.05, 3.63) is 24.3 Å². The van der Waals surface area contributed by atoms with Gasteiger partial charge in [-0.15, -0.1) is 0 Å². The topological polar surface area (TPSA) is 58.6 Å². The van der Waals surface area contributed by atoms with Crippen molar-refractivity contribution in [2.24, 2.45) is 11.3 Å². The van der Waals surface area contributed by atoms with Crippen LogP contribution in [-0.2, 0) is 9.59 Å². The zero-order chi connectivity index (χ0) is 18.8. The summed E-state index contributed by atoms with van der Waals surface area (Å²) in [6.45, 7) is 10.9. The van der Waals surface area contributed by atoms with Gasteiger partial charge >= 0.3 is 0 Å². The predicted octanol–water partition coefficient (Wildman–Crippen LogP) is 3.38. The van der Waals surface area contributed by atoms with E-state index in [2.05, 4.69) is 26.1 Å². The van der Waals surface area contributed by atoms with Crippen LogP contribution in [0, 0.1) is 11.3 Å². The molecule has 0 unspecified atom stereocenters. The van der Waals surface area contributed by atoms with Crippen molar-refractivity contribution in [3.8, 4) is 5.75 Å². The second-order valence-electron chi connectivity index (χ2n) is 8.72. The van der Waals surface area contributed by atoms with Crippen molar-refractivity contribution in [1.82, 2.24) is 5.32 Å². The molecule has 2 rings (SSSR count). The highest BCUT2D eigenvalue weighted by Gasteiger charge is 2.37. The summed E-state index contributed by atoms with van der Waals surface area (Å²) in [4.78, 5) is 26.7. The molecule has 1 aliphatic rings. The van der Waals surface area contributed by atoms with Crippen LogP contribution >= 0.6 is 0 Å². The lowest BCUT2D eigenvalue weighted by molar-refractivity contribution is -0.128. The standard InChI is InChI=1S/C20H30N2O3/c1-19(2,3)13-20(4,5)21-18(24)14-10-17(23)22(12-14)15-8-7-9-16(11-15)25-6/h7-9,11,14H,10,12-13H2,1-6H3,(H,21,24)/t14-/m1/s1. The van der Waals surface area contributed by atoms with Gasteiger partial charge in [-0.2, -0.15) is 0 Å². The first-order chi connectivity index (χ1) is 11.5. The number of methoxy groups -OCH3 is 1. The summed E-state index contributed by atoms with van der Waals surface area (Å²) in [5.41, 5.74) is 0.588. The summed E-state index contributed by atoms with van der Waals surface area (Å²) >= 11 is 0. The minimum Gasteiger partial charge on any atom is -0.497 e. The van der Waals surface area contributed by atoms with Crippen molar-refractivity contribution in [2.45, 2.75) is 53.0 Å². The van der Waals surface area contributed by atoms with Crippen LogP contribution in [0.5, 0.6) is 5.75 Å². The normalized spacial score (nSPS) is 18.4. The first kappa shape index (κ1) is 19.3. The number of hydrogen-bond acceptors (Lipinski definition) is 3. The Bertz CT molecular complexity index is 647. The van der Waals surface area contributed by atoms with Crippen LogP contribution in [0.15, 0.2) is 24.3 Å². The number of nitrogens with one attached hydrogen (secondary N) is 1. The fraction of sp³-hybridized carbons (Fsp3) is 0.600. The molecule has 2 amide bonds. The summed E-state index contributed by atoms with van der Waals surface area (Å²) in [5.74, 6) is 0.303. The van der Waals surface area contributed by atoms with Gasteiger partial charge in [0, 0.05) is 30.3 Å². The molecule has 1 aromatic carbocycles. The number of rotatable bonds is 5. The number of anilines is 1. The molecular formula is C20H30N2O3. The maximum absolute atomic E-state index is 12.7. The molecule has 0 saturated carbocycles. The average Bonchev–Trinajstić information content (AvgIpc) is 2.86. The lowest BCUT2D eigenvalue weighted by Gasteiger charge is -2.34. The van der Waals surface area contributed by atoms with Gasteiger partial charge in [-0.3, -0.25) is 9.59 Å². The van der Waals surface area contributed by atoms with Crippen molar-refractivity contribution in [3.63, 3.8) is 0 Å². The van der Waals surface area contributed by atoms with E-state index in [1.165, 1.54) is 0 Å². The van der Waals surface area contributed by atoms with Crippen molar-refractivity contribution >= 4 is 17.5 Å². The molecule has 0 aliphatic carbocycles. The first-order valence-corrected chi connectivity index (χ1v) is 8.77. The minimum atomic E-state index is -0.321. The van der Waals surface area contributed by atoms with Crippen molar-refractivity contribution in [1.29, 1.82) is 0 Å². The number of hydrogen-bond donors (Lipinski definition) is 1. The van der Waals surface area contributed by atoms with Crippen molar-refractivity contribution < 1.29 is 14.3 Å². The molecule has 1 aromatic rings. The van der Waals surface area contributed by atoms with E-state index in [0.717, 1.165) is 12.1 Å². The van der Waals surface area contributed by atoms with Crippen LogP contribution < -0.4 is 15.0 Å².